The molecule has 0 saturated heterocycles. The van der Waals surface area contributed by atoms with Gasteiger partial charge in [0.05, 0.1) is 24.9 Å². The summed E-state index contributed by atoms with van der Waals surface area (Å²) in [6.45, 7) is 6.35. The number of rotatable bonds is 7. The van der Waals surface area contributed by atoms with Gasteiger partial charge in [0.15, 0.2) is 5.89 Å². The lowest BCUT2D eigenvalue weighted by Crippen LogP contribution is -2.31. The Kier molecular flexibility index (Phi) is 5.76. The summed E-state index contributed by atoms with van der Waals surface area (Å²) in [5, 5.41) is 2.92. The molecule has 23 heavy (non-hydrogen) atoms. The molecule has 2 aromatic rings. The van der Waals surface area contributed by atoms with Crippen molar-refractivity contribution in [1.82, 2.24) is 10.3 Å². The van der Waals surface area contributed by atoms with Gasteiger partial charge in [-0.25, -0.2) is 4.98 Å². The molecule has 1 atom stereocenters. The summed E-state index contributed by atoms with van der Waals surface area (Å²) in [5.74, 6) is 1.19. The second kappa shape index (κ2) is 7.78. The molecule has 6 nitrogen and oxygen atoms in total. The highest BCUT2D eigenvalue weighted by molar-refractivity contribution is 5.92. The van der Waals surface area contributed by atoms with Crippen molar-refractivity contribution in [3.8, 4) is 5.75 Å². The molecule has 2 rings (SSSR count). The number of hydrogen-bond acceptors (Lipinski definition) is 5. The summed E-state index contributed by atoms with van der Waals surface area (Å²) in [5.41, 5.74) is 1.50. The highest BCUT2D eigenvalue weighted by Gasteiger charge is 2.21. The fourth-order valence-corrected chi connectivity index (χ4v) is 2.32. The van der Waals surface area contributed by atoms with Crippen LogP contribution in [-0.2, 0) is 4.74 Å². The number of ether oxygens (including phenoxy) is 2. The summed E-state index contributed by atoms with van der Waals surface area (Å²) >= 11 is 0. The second-order valence-electron chi connectivity index (χ2n) is 5.13. The molecule has 0 spiro atoms. The van der Waals surface area contributed by atoms with E-state index in [1.54, 1.807) is 21.0 Å². The third-order valence-electron chi connectivity index (χ3n) is 3.34. The highest BCUT2D eigenvalue weighted by Crippen LogP contribution is 2.19. The Morgan fingerprint density at radius 1 is 1.30 bits per heavy atom. The van der Waals surface area contributed by atoms with Gasteiger partial charge in [-0.3, -0.25) is 4.79 Å². The first-order valence-corrected chi connectivity index (χ1v) is 7.51. The van der Waals surface area contributed by atoms with Crippen molar-refractivity contribution < 1.29 is 18.7 Å². The Morgan fingerprint density at radius 2 is 2.00 bits per heavy atom. The fraction of sp³-hybridized carbons (Fsp3) is 0.412. The van der Waals surface area contributed by atoms with E-state index in [-0.39, 0.29) is 17.7 Å². The van der Waals surface area contributed by atoms with Crippen LogP contribution in [0.5, 0.6) is 5.75 Å². The Hall–Kier alpha value is -2.34. The van der Waals surface area contributed by atoms with Gasteiger partial charge in [0.1, 0.15) is 5.75 Å². The van der Waals surface area contributed by atoms with Crippen LogP contribution in [0, 0.1) is 13.8 Å². The van der Waals surface area contributed by atoms with Crippen LogP contribution in [0.2, 0.25) is 0 Å². The molecule has 0 aliphatic heterocycles. The number of methoxy groups -OCH3 is 1. The molecule has 1 aromatic heterocycles. The van der Waals surface area contributed by atoms with Crippen LogP contribution in [0.1, 0.15) is 40.7 Å². The Bertz CT molecular complexity index is 649. The van der Waals surface area contributed by atoms with Crippen molar-refractivity contribution in [3.63, 3.8) is 0 Å². The number of carbonyl (C=O) groups is 1. The maximum atomic E-state index is 12.4. The van der Waals surface area contributed by atoms with Gasteiger partial charge in [-0.05, 0) is 31.5 Å². The summed E-state index contributed by atoms with van der Waals surface area (Å²) in [6.07, 6.45) is 0. The van der Waals surface area contributed by atoms with E-state index in [0.717, 1.165) is 11.3 Å². The molecule has 0 fully saturated rings. The molecule has 0 radical (unpaired) electrons. The van der Waals surface area contributed by atoms with Crippen LogP contribution in [0.4, 0.5) is 0 Å². The van der Waals surface area contributed by atoms with Crippen molar-refractivity contribution in [3.05, 3.63) is 47.2 Å². The first-order valence-electron chi connectivity index (χ1n) is 7.51. The minimum Gasteiger partial charge on any atom is -0.494 e. The second-order valence-corrected chi connectivity index (χ2v) is 5.13. The van der Waals surface area contributed by atoms with Crippen LogP contribution in [0.15, 0.2) is 28.7 Å². The minimum absolute atomic E-state index is 0.231. The van der Waals surface area contributed by atoms with Gasteiger partial charge in [0.2, 0.25) is 5.76 Å². The van der Waals surface area contributed by atoms with Gasteiger partial charge in [-0.15, -0.1) is 0 Å². The number of oxazole rings is 1. The van der Waals surface area contributed by atoms with Gasteiger partial charge >= 0.3 is 0 Å². The molecular formula is C17H22N2O4. The average Bonchev–Trinajstić information content (AvgIpc) is 2.87. The average molecular weight is 318 g/mol. The van der Waals surface area contributed by atoms with Crippen molar-refractivity contribution in [1.29, 1.82) is 0 Å². The number of hydrogen-bond donors (Lipinski definition) is 1. The fourth-order valence-electron chi connectivity index (χ4n) is 2.32. The van der Waals surface area contributed by atoms with Gasteiger partial charge in [-0.2, -0.15) is 0 Å². The molecule has 0 saturated carbocycles. The molecule has 1 N–H and O–H groups in total. The minimum atomic E-state index is -0.306. The van der Waals surface area contributed by atoms with E-state index >= 15 is 0 Å². The lowest BCUT2D eigenvalue weighted by Gasteiger charge is -2.18. The largest absolute Gasteiger partial charge is 0.494 e. The van der Waals surface area contributed by atoms with Gasteiger partial charge in [-0.1, -0.05) is 12.1 Å². The molecule has 1 unspecified atom stereocenters. The maximum absolute atomic E-state index is 12.4. The van der Waals surface area contributed by atoms with Crippen LogP contribution < -0.4 is 10.1 Å². The molecule has 1 amide bonds. The molecular weight excluding hydrogens is 296 g/mol. The van der Waals surface area contributed by atoms with Gasteiger partial charge < -0.3 is 19.2 Å². The van der Waals surface area contributed by atoms with Crippen LogP contribution >= 0.6 is 0 Å². The third-order valence-corrected chi connectivity index (χ3v) is 3.34. The van der Waals surface area contributed by atoms with E-state index in [1.807, 2.05) is 31.2 Å². The summed E-state index contributed by atoms with van der Waals surface area (Å²) in [6, 6.07) is 7.28. The van der Waals surface area contributed by atoms with E-state index in [9.17, 15) is 4.79 Å². The monoisotopic (exact) mass is 318 g/mol. The molecule has 0 aliphatic carbocycles. The van der Waals surface area contributed by atoms with Gasteiger partial charge in [0, 0.05) is 14.0 Å². The van der Waals surface area contributed by atoms with Crippen molar-refractivity contribution >= 4 is 5.91 Å². The van der Waals surface area contributed by atoms with Crippen LogP contribution in [0.25, 0.3) is 0 Å². The van der Waals surface area contributed by atoms with E-state index < -0.39 is 0 Å². The number of aryl methyl sites for hydroxylation is 2. The SMILES string of the molecule is CCOc1ccc(C(COC)NC(=O)c2oc(C)nc2C)cc1. The standard InChI is InChI=1S/C17H22N2O4/c1-5-22-14-8-6-13(7-9-14)15(10-21-4)19-17(20)16-11(2)18-12(3)23-16/h6-9,15H,5,10H2,1-4H3,(H,19,20). The van der Waals surface area contributed by atoms with Crippen molar-refractivity contribution in [2.24, 2.45) is 0 Å². The predicted octanol–water partition coefficient (Wildman–Crippen LogP) is 2.81. The first-order chi connectivity index (χ1) is 11.0. The summed E-state index contributed by atoms with van der Waals surface area (Å²) in [4.78, 5) is 16.5. The Morgan fingerprint density at radius 3 is 2.52 bits per heavy atom. The van der Waals surface area contributed by atoms with Crippen LogP contribution in [-0.4, -0.2) is 31.2 Å². The van der Waals surface area contributed by atoms with E-state index in [1.165, 1.54) is 0 Å². The lowest BCUT2D eigenvalue weighted by molar-refractivity contribution is 0.0867. The molecule has 124 valence electrons. The van der Waals surface area contributed by atoms with Crippen molar-refractivity contribution in [2.45, 2.75) is 26.8 Å². The zero-order valence-corrected chi connectivity index (χ0v) is 13.9. The number of nitrogens with zero attached hydrogens (tertiary/aromatic N) is 1. The smallest absolute Gasteiger partial charge is 0.289 e. The topological polar surface area (TPSA) is 73.6 Å². The summed E-state index contributed by atoms with van der Waals surface area (Å²) in [7, 11) is 1.59. The molecule has 1 heterocycles. The quantitative estimate of drug-likeness (QED) is 0.850. The zero-order chi connectivity index (χ0) is 16.8. The number of benzene rings is 1. The van der Waals surface area contributed by atoms with Crippen molar-refractivity contribution in [2.75, 3.05) is 20.3 Å². The summed E-state index contributed by atoms with van der Waals surface area (Å²) < 4.78 is 16.0. The number of amides is 1. The Balaban J connectivity index is 2.14. The Labute approximate surface area is 135 Å². The number of nitrogens with one attached hydrogen (secondary N) is 1. The van der Waals surface area contributed by atoms with E-state index in [4.69, 9.17) is 13.9 Å². The highest BCUT2D eigenvalue weighted by atomic mass is 16.5. The normalized spacial score (nSPS) is 12.0. The predicted molar refractivity (Wildman–Crippen MR) is 85.7 cm³/mol. The third kappa shape index (κ3) is 4.32. The van der Waals surface area contributed by atoms with E-state index in [0.29, 0.717) is 24.8 Å². The molecule has 1 aromatic carbocycles. The lowest BCUT2D eigenvalue weighted by atomic mass is 10.1. The molecule has 0 bridgehead atoms. The number of carbonyl (C=O) groups excluding carboxylic acids is 1. The van der Waals surface area contributed by atoms with Crippen LogP contribution in [0.3, 0.4) is 0 Å². The zero-order valence-electron chi connectivity index (χ0n) is 13.9. The van der Waals surface area contributed by atoms with Gasteiger partial charge in [0.25, 0.3) is 5.91 Å². The first kappa shape index (κ1) is 17.0. The maximum Gasteiger partial charge on any atom is 0.289 e. The molecule has 0 aliphatic rings. The number of aromatic nitrogens is 1. The molecule has 6 heteroatoms. The van der Waals surface area contributed by atoms with E-state index in [2.05, 4.69) is 10.3 Å².